The minimum atomic E-state index is -1.16. The number of benzene rings is 2. The average molecular weight is 579 g/mol. The minimum absolute atomic E-state index is 0.0672. The van der Waals surface area contributed by atoms with E-state index in [1.54, 1.807) is 31.2 Å². The van der Waals surface area contributed by atoms with Gasteiger partial charge in [-0.15, -0.1) is 23.1 Å². The molecule has 1 heterocycles. The number of thioether (sulfide) groups is 1. The number of amides is 2. The Balaban J connectivity index is 1.42. The number of hydrogen-bond acceptors (Lipinski definition) is 7. The zero-order valence-electron chi connectivity index (χ0n) is 22.4. The first-order chi connectivity index (χ1) is 19.2. The van der Waals surface area contributed by atoms with Crippen LogP contribution in [0.5, 0.6) is 0 Å². The van der Waals surface area contributed by atoms with Crippen molar-refractivity contribution < 1.29 is 29.0 Å². The summed E-state index contributed by atoms with van der Waals surface area (Å²) in [5, 5.41) is 14.5. The molecule has 0 spiro atoms. The van der Waals surface area contributed by atoms with Crippen molar-refractivity contribution in [1.82, 2.24) is 0 Å². The number of nitrogens with one attached hydrogen (secondary N) is 2. The summed E-state index contributed by atoms with van der Waals surface area (Å²) in [6, 6.07) is 17.2. The first kappa shape index (κ1) is 29.1. The molecule has 0 saturated heterocycles. The highest BCUT2D eigenvalue weighted by atomic mass is 32.2. The monoisotopic (exact) mass is 578 g/mol. The highest BCUT2D eigenvalue weighted by molar-refractivity contribution is 8.00. The van der Waals surface area contributed by atoms with E-state index in [-0.39, 0.29) is 11.5 Å². The van der Waals surface area contributed by atoms with Crippen molar-refractivity contribution in [1.29, 1.82) is 0 Å². The number of rotatable bonds is 9. The van der Waals surface area contributed by atoms with E-state index >= 15 is 0 Å². The van der Waals surface area contributed by atoms with Gasteiger partial charge >= 0.3 is 11.9 Å². The zero-order valence-corrected chi connectivity index (χ0v) is 24.0. The van der Waals surface area contributed by atoms with E-state index in [2.05, 4.69) is 22.8 Å². The first-order valence-electron chi connectivity index (χ1n) is 12.7. The van der Waals surface area contributed by atoms with Crippen LogP contribution >= 0.6 is 23.1 Å². The fourth-order valence-corrected chi connectivity index (χ4v) is 6.71. The van der Waals surface area contributed by atoms with E-state index in [0.717, 1.165) is 40.7 Å². The molecule has 0 fully saturated rings. The highest BCUT2D eigenvalue weighted by Gasteiger charge is 2.31. The molecule has 1 aliphatic rings. The van der Waals surface area contributed by atoms with E-state index in [1.807, 2.05) is 18.2 Å². The van der Waals surface area contributed by atoms with Gasteiger partial charge in [0.25, 0.3) is 0 Å². The molecule has 3 aromatic rings. The van der Waals surface area contributed by atoms with Crippen molar-refractivity contribution in [2.24, 2.45) is 0 Å². The number of hydrogen-bond donors (Lipinski definition) is 3. The Labute approximate surface area is 240 Å². The number of carbonyl (C=O) groups is 4. The molecule has 4 rings (SSSR count). The molecule has 0 unspecified atom stereocenters. The molecule has 1 aromatic heterocycles. The summed E-state index contributed by atoms with van der Waals surface area (Å²) in [7, 11) is 1.35. The molecule has 0 bridgehead atoms. The van der Waals surface area contributed by atoms with Crippen LogP contribution < -0.4 is 10.6 Å². The van der Waals surface area contributed by atoms with Gasteiger partial charge in [-0.2, -0.15) is 0 Å². The lowest BCUT2D eigenvalue weighted by atomic mass is 9.83. The number of esters is 1. The molecule has 40 heavy (non-hydrogen) atoms. The van der Waals surface area contributed by atoms with Crippen molar-refractivity contribution in [3.05, 3.63) is 87.8 Å². The van der Waals surface area contributed by atoms with Crippen molar-refractivity contribution in [3.63, 3.8) is 0 Å². The predicted molar refractivity (Wildman–Crippen MR) is 157 cm³/mol. The largest absolute Gasteiger partial charge is 0.478 e. The number of anilines is 2. The molecule has 1 aliphatic carbocycles. The molecule has 10 heteroatoms. The normalized spacial score (nSPS) is 15.5. The fraction of sp³-hybridized carbons (Fsp3) is 0.267. The summed E-state index contributed by atoms with van der Waals surface area (Å²) in [6.07, 6.45) is 3.49. The van der Waals surface area contributed by atoms with Gasteiger partial charge in [-0.05, 0) is 74.4 Å². The Morgan fingerprint density at radius 3 is 2.42 bits per heavy atom. The number of fused-ring (bicyclic) bond motifs is 1. The van der Waals surface area contributed by atoms with Crippen molar-refractivity contribution in [3.8, 4) is 0 Å². The second kappa shape index (κ2) is 13.0. The van der Waals surface area contributed by atoms with Gasteiger partial charge in [-0.1, -0.05) is 30.3 Å². The van der Waals surface area contributed by atoms with E-state index in [4.69, 9.17) is 9.84 Å². The van der Waals surface area contributed by atoms with Crippen LogP contribution in [0.1, 0.15) is 52.5 Å². The van der Waals surface area contributed by atoms with Crippen LogP contribution in [0.3, 0.4) is 0 Å². The molecule has 208 valence electrons. The lowest BCUT2D eigenvalue weighted by Gasteiger charge is -2.22. The van der Waals surface area contributed by atoms with Crippen LogP contribution in [0.4, 0.5) is 10.7 Å². The summed E-state index contributed by atoms with van der Waals surface area (Å²) in [5.74, 6) is -2.02. The number of aliphatic carboxylic acids is 1. The first-order valence-corrected chi connectivity index (χ1v) is 14.4. The summed E-state index contributed by atoms with van der Waals surface area (Å²) in [6.45, 7) is 3.13. The number of methoxy groups -OCH3 is 1. The van der Waals surface area contributed by atoms with Crippen LogP contribution in [0.2, 0.25) is 0 Å². The van der Waals surface area contributed by atoms with Gasteiger partial charge in [0.05, 0.1) is 17.9 Å². The number of ether oxygens (including phenoxy) is 1. The Morgan fingerprint density at radius 1 is 1.07 bits per heavy atom. The second-order valence-corrected chi connectivity index (χ2v) is 12.0. The molecular weight excluding hydrogens is 548 g/mol. The third kappa shape index (κ3) is 7.00. The third-order valence-corrected chi connectivity index (χ3v) is 8.93. The summed E-state index contributed by atoms with van der Waals surface area (Å²) < 4.78 is 5.07. The number of carboxylic acids is 1. The molecule has 2 atom stereocenters. The third-order valence-electron chi connectivity index (χ3n) is 6.65. The van der Waals surface area contributed by atoms with Crippen molar-refractivity contribution >= 4 is 57.5 Å². The van der Waals surface area contributed by atoms with Gasteiger partial charge < -0.3 is 20.5 Å². The molecule has 3 N–H and O–H groups in total. The molecule has 2 amide bonds. The van der Waals surface area contributed by atoms with E-state index in [0.29, 0.717) is 22.2 Å². The molecule has 0 aliphatic heterocycles. The zero-order chi connectivity index (χ0) is 28.8. The van der Waals surface area contributed by atoms with Crippen LogP contribution in [0.25, 0.3) is 0 Å². The van der Waals surface area contributed by atoms with Gasteiger partial charge in [0, 0.05) is 27.1 Å². The second-order valence-electron chi connectivity index (χ2n) is 9.45. The maximum atomic E-state index is 13.2. The highest BCUT2D eigenvalue weighted by Crippen LogP contribution is 2.43. The molecule has 0 saturated carbocycles. The number of thiophene rings is 1. The average Bonchev–Trinajstić information content (AvgIpc) is 3.30. The Hall–Kier alpha value is -3.89. The number of carboxylic acid groups (broad SMARTS) is 1. The van der Waals surface area contributed by atoms with E-state index in [1.165, 1.54) is 42.7 Å². The smallest absolute Gasteiger partial charge is 0.341 e. The maximum Gasteiger partial charge on any atom is 0.341 e. The summed E-state index contributed by atoms with van der Waals surface area (Å²) in [4.78, 5) is 50.7. The van der Waals surface area contributed by atoms with Crippen LogP contribution in [-0.2, 0) is 32.0 Å². The Bertz CT molecular complexity index is 1450. The minimum Gasteiger partial charge on any atom is -0.478 e. The maximum absolute atomic E-state index is 13.2. The van der Waals surface area contributed by atoms with Gasteiger partial charge in [0.15, 0.2) is 0 Å². The Morgan fingerprint density at radius 2 is 1.77 bits per heavy atom. The quantitative estimate of drug-likeness (QED) is 0.164. The molecular formula is C30H30N2O6S2. The van der Waals surface area contributed by atoms with Crippen molar-refractivity contribution in [2.75, 3.05) is 17.7 Å². The SMILES string of the molecule is COC(=O)c1c(NC(=O)[C@H](C)Sc2ccc(NC(=O)/C=C(\C)C(=O)O)cc2)sc2c1CC[C@H](c1ccccc1)C2. The van der Waals surface area contributed by atoms with Crippen LogP contribution in [0.15, 0.2) is 71.1 Å². The topological polar surface area (TPSA) is 122 Å². The summed E-state index contributed by atoms with van der Waals surface area (Å²) >= 11 is 2.79. The Kier molecular flexibility index (Phi) is 9.44. The van der Waals surface area contributed by atoms with Gasteiger partial charge in [-0.25, -0.2) is 9.59 Å². The molecule has 0 radical (unpaired) electrons. The van der Waals surface area contributed by atoms with Gasteiger partial charge in [0.1, 0.15) is 5.00 Å². The van der Waals surface area contributed by atoms with Gasteiger partial charge in [-0.3, -0.25) is 9.59 Å². The van der Waals surface area contributed by atoms with E-state index < -0.39 is 23.1 Å². The standard InChI is InChI=1S/C30H30N2O6S2/c1-17(29(35)36)15-25(33)31-21-10-12-22(13-11-21)39-18(2)27(34)32-28-26(30(37)38-3)23-14-9-20(16-24(23)40-28)19-7-5-4-6-8-19/h4-8,10-13,15,18,20H,9,14,16H2,1-3H3,(H,31,33)(H,32,34)(H,35,36)/b17-15+/t18-,20-/m0/s1. The van der Waals surface area contributed by atoms with Crippen molar-refractivity contribution in [2.45, 2.75) is 49.2 Å². The lowest BCUT2D eigenvalue weighted by Crippen LogP contribution is -2.23. The van der Waals surface area contributed by atoms with E-state index in [9.17, 15) is 19.2 Å². The molecule has 2 aromatic carbocycles. The predicted octanol–water partition coefficient (Wildman–Crippen LogP) is 5.90. The molecule has 8 nitrogen and oxygen atoms in total. The van der Waals surface area contributed by atoms with Gasteiger partial charge in [0.2, 0.25) is 11.8 Å². The fourth-order valence-electron chi connectivity index (χ4n) is 4.53. The van der Waals surface area contributed by atoms with Crippen LogP contribution in [0, 0.1) is 0 Å². The summed E-state index contributed by atoms with van der Waals surface area (Å²) in [5.41, 5.74) is 3.12. The number of carbonyl (C=O) groups excluding carboxylic acids is 3. The lowest BCUT2D eigenvalue weighted by molar-refractivity contribution is -0.132. The van der Waals surface area contributed by atoms with Crippen LogP contribution in [-0.4, -0.2) is 41.2 Å².